The molecule has 1 aliphatic carbocycles. The normalized spacial score (nSPS) is 17.7. The molecule has 1 nitrogen and oxygen atoms in total. The molecule has 0 spiro atoms. The fourth-order valence-corrected chi connectivity index (χ4v) is 1.78. The summed E-state index contributed by atoms with van der Waals surface area (Å²) in [5, 5.41) is 0. The van der Waals surface area contributed by atoms with Gasteiger partial charge in [0.2, 0.25) is 0 Å². The van der Waals surface area contributed by atoms with E-state index in [9.17, 15) is 0 Å². The summed E-state index contributed by atoms with van der Waals surface area (Å²) in [5.41, 5.74) is 7.47. The molecule has 13 heavy (non-hydrogen) atoms. The van der Waals surface area contributed by atoms with Gasteiger partial charge in [0.25, 0.3) is 0 Å². The van der Waals surface area contributed by atoms with E-state index in [1.807, 2.05) is 6.07 Å². The van der Waals surface area contributed by atoms with E-state index in [4.69, 9.17) is 5.73 Å². The molecule has 1 fully saturated rings. The lowest BCUT2D eigenvalue weighted by molar-refractivity contribution is 0.670. The van der Waals surface area contributed by atoms with Gasteiger partial charge in [0.05, 0.1) is 0 Å². The van der Waals surface area contributed by atoms with Crippen molar-refractivity contribution < 1.29 is 0 Å². The van der Waals surface area contributed by atoms with Gasteiger partial charge in [-0.05, 0) is 30.9 Å². The predicted molar refractivity (Wildman–Crippen MR) is 61.2 cm³/mol. The molecule has 1 aliphatic rings. The monoisotopic (exact) mass is 261 g/mol. The Labute approximate surface area is 93.2 Å². The maximum atomic E-state index is 6.03. The summed E-state index contributed by atoms with van der Waals surface area (Å²) < 4.78 is 1.18. The van der Waals surface area contributed by atoms with Gasteiger partial charge >= 0.3 is 0 Å². The van der Waals surface area contributed by atoms with E-state index in [0.717, 1.165) is 6.42 Å². The largest absolute Gasteiger partial charge is 0.325 e. The molecule has 0 atom stereocenters. The van der Waals surface area contributed by atoms with Crippen molar-refractivity contribution in [3.8, 4) is 0 Å². The zero-order valence-electron chi connectivity index (χ0n) is 7.29. The Hall–Kier alpha value is -0.0500. The van der Waals surface area contributed by atoms with Crippen molar-refractivity contribution in [1.82, 2.24) is 0 Å². The highest BCUT2D eigenvalue weighted by molar-refractivity contribution is 9.10. The first-order chi connectivity index (χ1) is 5.70. The number of rotatable bonds is 2. The molecule has 2 rings (SSSR count). The molecular formula is C10H13BrClN. The lowest BCUT2D eigenvalue weighted by Gasteiger charge is -2.09. The molecule has 2 N–H and O–H groups in total. The van der Waals surface area contributed by atoms with Crippen LogP contribution in [0.2, 0.25) is 0 Å². The topological polar surface area (TPSA) is 26.0 Å². The van der Waals surface area contributed by atoms with Gasteiger partial charge in [-0.3, -0.25) is 0 Å². The average molecular weight is 263 g/mol. The maximum absolute atomic E-state index is 6.03. The van der Waals surface area contributed by atoms with Gasteiger partial charge in [0.1, 0.15) is 0 Å². The van der Waals surface area contributed by atoms with Crippen LogP contribution in [0.25, 0.3) is 0 Å². The molecule has 0 aromatic heterocycles. The van der Waals surface area contributed by atoms with Crippen molar-refractivity contribution in [2.45, 2.75) is 24.8 Å². The van der Waals surface area contributed by atoms with E-state index in [0.29, 0.717) is 0 Å². The third-order valence-electron chi connectivity index (χ3n) is 2.39. The fraction of sp³-hybridized carbons (Fsp3) is 0.400. The Morgan fingerprint density at radius 2 is 1.92 bits per heavy atom. The minimum atomic E-state index is 0. The highest BCUT2D eigenvalue weighted by atomic mass is 79.9. The Morgan fingerprint density at radius 3 is 2.46 bits per heavy atom. The predicted octanol–water partition coefficient (Wildman–Crippen LogP) is 2.90. The van der Waals surface area contributed by atoms with Crippen molar-refractivity contribution in [3.63, 3.8) is 0 Å². The van der Waals surface area contributed by atoms with Crippen LogP contribution in [-0.4, -0.2) is 5.54 Å². The van der Waals surface area contributed by atoms with Gasteiger partial charge in [-0.15, -0.1) is 12.4 Å². The number of hydrogen-bond donors (Lipinski definition) is 1. The van der Waals surface area contributed by atoms with Crippen molar-refractivity contribution in [1.29, 1.82) is 0 Å². The summed E-state index contributed by atoms with van der Waals surface area (Å²) in [6.45, 7) is 0. The van der Waals surface area contributed by atoms with Crippen LogP contribution in [0, 0.1) is 0 Å². The fourth-order valence-electron chi connectivity index (χ4n) is 1.36. The smallest absolute Gasteiger partial charge is 0.0207 e. The number of hydrogen-bond acceptors (Lipinski definition) is 1. The average Bonchev–Trinajstić information content (AvgIpc) is 2.74. The highest BCUT2D eigenvalue weighted by Crippen LogP contribution is 2.36. The summed E-state index contributed by atoms with van der Waals surface area (Å²) in [7, 11) is 0. The molecule has 0 heterocycles. The van der Waals surface area contributed by atoms with Gasteiger partial charge in [0.15, 0.2) is 0 Å². The standard InChI is InChI=1S/C10H12BrN.ClH/c11-9-4-2-1-3-8(9)7-10(12)5-6-10;/h1-4H,5-7,12H2;1H. The first-order valence-electron chi connectivity index (χ1n) is 4.22. The van der Waals surface area contributed by atoms with E-state index < -0.39 is 0 Å². The van der Waals surface area contributed by atoms with E-state index in [2.05, 4.69) is 34.1 Å². The molecular weight excluding hydrogens is 249 g/mol. The third-order valence-corrected chi connectivity index (χ3v) is 3.17. The lowest BCUT2D eigenvalue weighted by Crippen LogP contribution is -2.24. The Balaban J connectivity index is 0.000000845. The van der Waals surface area contributed by atoms with E-state index in [1.165, 1.54) is 22.9 Å². The van der Waals surface area contributed by atoms with Gasteiger partial charge in [-0.25, -0.2) is 0 Å². The summed E-state index contributed by atoms with van der Waals surface area (Å²) in [6.07, 6.45) is 3.36. The zero-order chi connectivity index (χ0) is 8.60. The minimum Gasteiger partial charge on any atom is -0.325 e. The quantitative estimate of drug-likeness (QED) is 0.871. The van der Waals surface area contributed by atoms with Gasteiger partial charge in [-0.2, -0.15) is 0 Å². The summed E-state index contributed by atoms with van der Waals surface area (Å²) in [4.78, 5) is 0. The number of benzene rings is 1. The Morgan fingerprint density at radius 1 is 1.31 bits per heavy atom. The minimum absolute atomic E-state index is 0. The molecule has 0 saturated heterocycles. The second-order valence-corrected chi connectivity index (χ2v) is 4.48. The van der Waals surface area contributed by atoms with Crippen LogP contribution in [0.15, 0.2) is 28.7 Å². The molecule has 72 valence electrons. The summed E-state index contributed by atoms with van der Waals surface area (Å²) >= 11 is 3.52. The van der Waals surface area contributed by atoms with Crippen LogP contribution < -0.4 is 5.73 Å². The van der Waals surface area contributed by atoms with Crippen LogP contribution >= 0.6 is 28.3 Å². The number of halogens is 2. The molecule has 1 saturated carbocycles. The van der Waals surface area contributed by atoms with Crippen LogP contribution in [-0.2, 0) is 6.42 Å². The molecule has 3 heteroatoms. The van der Waals surface area contributed by atoms with Crippen molar-refractivity contribution in [3.05, 3.63) is 34.3 Å². The van der Waals surface area contributed by atoms with Crippen LogP contribution in [0.3, 0.4) is 0 Å². The van der Waals surface area contributed by atoms with Crippen LogP contribution in [0.5, 0.6) is 0 Å². The molecule has 0 radical (unpaired) electrons. The SMILES string of the molecule is Cl.NC1(Cc2ccccc2Br)CC1. The molecule has 0 bridgehead atoms. The van der Waals surface area contributed by atoms with Gasteiger partial charge < -0.3 is 5.73 Å². The molecule has 0 aliphatic heterocycles. The van der Waals surface area contributed by atoms with Crippen LogP contribution in [0.4, 0.5) is 0 Å². The van der Waals surface area contributed by atoms with Gasteiger partial charge in [0, 0.05) is 10.0 Å². The number of nitrogens with two attached hydrogens (primary N) is 1. The molecule has 1 aromatic carbocycles. The van der Waals surface area contributed by atoms with Crippen LogP contribution in [0.1, 0.15) is 18.4 Å². The highest BCUT2D eigenvalue weighted by Gasteiger charge is 2.38. The van der Waals surface area contributed by atoms with Gasteiger partial charge in [-0.1, -0.05) is 34.1 Å². The van der Waals surface area contributed by atoms with E-state index in [-0.39, 0.29) is 17.9 Å². The lowest BCUT2D eigenvalue weighted by atomic mass is 10.1. The van der Waals surface area contributed by atoms with E-state index in [1.54, 1.807) is 0 Å². The first kappa shape index (κ1) is 11.0. The third kappa shape index (κ3) is 2.70. The second-order valence-electron chi connectivity index (χ2n) is 3.63. The maximum Gasteiger partial charge on any atom is 0.0207 e. The Kier molecular flexibility index (Phi) is 3.38. The van der Waals surface area contributed by atoms with Crippen molar-refractivity contribution in [2.24, 2.45) is 5.73 Å². The molecule has 0 amide bonds. The van der Waals surface area contributed by atoms with E-state index >= 15 is 0 Å². The molecule has 0 unspecified atom stereocenters. The summed E-state index contributed by atoms with van der Waals surface area (Å²) in [6, 6.07) is 8.30. The van der Waals surface area contributed by atoms with Crippen molar-refractivity contribution in [2.75, 3.05) is 0 Å². The van der Waals surface area contributed by atoms with Crippen molar-refractivity contribution >= 4 is 28.3 Å². The second kappa shape index (κ2) is 3.99. The summed E-state index contributed by atoms with van der Waals surface area (Å²) in [5.74, 6) is 0. The Bertz CT molecular complexity index is 297. The zero-order valence-corrected chi connectivity index (χ0v) is 9.70. The molecule has 1 aromatic rings. The first-order valence-corrected chi connectivity index (χ1v) is 5.01.